The van der Waals surface area contributed by atoms with Crippen molar-refractivity contribution in [2.45, 2.75) is 4.43 Å². The molecule has 0 amide bonds. The maximum Gasteiger partial charge on any atom is 0.249 e. The van der Waals surface area contributed by atoms with E-state index in [9.17, 15) is 0 Å². The summed E-state index contributed by atoms with van der Waals surface area (Å²) in [7, 11) is 1.62. The maximum absolute atomic E-state index is 5.93. The number of anilines is 3. The molecular formula is C15H15IN6O. The van der Waals surface area contributed by atoms with Crippen LogP contribution < -0.4 is 15.8 Å². The number of ether oxygens (including phenoxy) is 1. The van der Waals surface area contributed by atoms with E-state index < -0.39 is 0 Å². The van der Waals surface area contributed by atoms with Crippen LogP contribution in [0.15, 0.2) is 42.6 Å². The minimum absolute atomic E-state index is 0.259. The van der Waals surface area contributed by atoms with Crippen LogP contribution in [-0.4, -0.2) is 26.9 Å². The molecule has 0 saturated heterocycles. The van der Waals surface area contributed by atoms with Gasteiger partial charge in [0, 0.05) is 10.6 Å². The number of nitrogens with one attached hydrogen (secondary N) is 1. The van der Waals surface area contributed by atoms with Crippen molar-refractivity contribution in [3.8, 4) is 11.6 Å². The van der Waals surface area contributed by atoms with Gasteiger partial charge in [0.15, 0.2) is 5.82 Å². The van der Waals surface area contributed by atoms with Gasteiger partial charge in [-0.2, -0.15) is 9.67 Å². The second-order valence-corrected chi connectivity index (χ2v) is 5.45. The quantitative estimate of drug-likeness (QED) is 0.486. The fourth-order valence-electron chi connectivity index (χ4n) is 2.08. The number of alkyl halides is 1. The third-order valence-corrected chi connectivity index (χ3v) is 4.04. The summed E-state index contributed by atoms with van der Waals surface area (Å²) in [4.78, 5) is 8.45. The molecule has 0 atom stereocenters. The predicted molar refractivity (Wildman–Crippen MR) is 97.6 cm³/mol. The zero-order chi connectivity index (χ0) is 16.2. The topological polar surface area (TPSA) is 90.9 Å². The van der Waals surface area contributed by atoms with Crippen molar-refractivity contribution in [1.82, 2.24) is 19.7 Å². The Hall–Kier alpha value is -2.36. The number of hydrogen-bond donors (Lipinski definition) is 2. The van der Waals surface area contributed by atoms with E-state index in [1.807, 2.05) is 36.4 Å². The van der Waals surface area contributed by atoms with Crippen LogP contribution in [0.3, 0.4) is 0 Å². The third-order valence-electron chi connectivity index (χ3n) is 3.16. The minimum atomic E-state index is 0.259. The van der Waals surface area contributed by atoms with Crippen LogP contribution in [0.1, 0.15) is 5.56 Å². The molecule has 8 heteroatoms. The average molecular weight is 422 g/mol. The monoisotopic (exact) mass is 422 g/mol. The van der Waals surface area contributed by atoms with Gasteiger partial charge < -0.3 is 15.8 Å². The van der Waals surface area contributed by atoms with E-state index in [1.165, 1.54) is 10.2 Å². The van der Waals surface area contributed by atoms with Crippen molar-refractivity contribution in [2.24, 2.45) is 0 Å². The highest BCUT2D eigenvalue weighted by molar-refractivity contribution is 14.1. The molecule has 3 aromatic rings. The van der Waals surface area contributed by atoms with Crippen LogP contribution in [0.5, 0.6) is 5.75 Å². The summed E-state index contributed by atoms with van der Waals surface area (Å²) in [5.74, 6) is 1.97. The van der Waals surface area contributed by atoms with E-state index in [2.05, 4.69) is 43.0 Å². The molecule has 23 heavy (non-hydrogen) atoms. The lowest BCUT2D eigenvalue weighted by molar-refractivity contribution is 0.416. The highest BCUT2D eigenvalue weighted by Gasteiger charge is 2.12. The summed E-state index contributed by atoms with van der Waals surface area (Å²) in [5, 5.41) is 7.51. The molecule has 0 radical (unpaired) electrons. The Bertz CT molecular complexity index is 805. The highest BCUT2D eigenvalue weighted by atomic mass is 127. The smallest absolute Gasteiger partial charge is 0.249 e. The first-order valence-corrected chi connectivity index (χ1v) is 8.37. The molecule has 118 valence electrons. The first kappa shape index (κ1) is 15.5. The Morgan fingerprint density at radius 3 is 2.87 bits per heavy atom. The summed E-state index contributed by atoms with van der Waals surface area (Å²) in [6.45, 7) is 0. The zero-order valence-electron chi connectivity index (χ0n) is 12.4. The lowest BCUT2D eigenvalue weighted by Gasteiger charge is -2.09. The molecule has 0 saturated carbocycles. The van der Waals surface area contributed by atoms with E-state index in [1.54, 1.807) is 13.3 Å². The molecular weight excluding hydrogens is 407 g/mol. The van der Waals surface area contributed by atoms with Crippen LogP contribution in [0.4, 0.5) is 17.6 Å². The molecule has 3 rings (SSSR count). The van der Waals surface area contributed by atoms with E-state index in [0.29, 0.717) is 17.5 Å². The number of rotatable bonds is 5. The van der Waals surface area contributed by atoms with Crippen LogP contribution in [0, 0.1) is 0 Å². The van der Waals surface area contributed by atoms with E-state index >= 15 is 0 Å². The number of aromatic nitrogens is 4. The van der Waals surface area contributed by atoms with Gasteiger partial charge in [0.05, 0.1) is 12.8 Å². The van der Waals surface area contributed by atoms with Gasteiger partial charge in [-0.3, -0.25) is 0 Å². The molecule has 0 bridgehead atoms. The standard InChI is InChI=1S/C15H15IN6O/c1-23-12-6-5-10(9-16)8-11(12)19-15-20-14(17)22(21-15)13-4-2-3-7-18-13/h2-8H,9H2,1H3,(H3,17,19,20,21). The predicted octanol–water partition coefficient (Wildman–Crippen LogP) is 2.93. The average Bonchev–Trinajstić information content (AvgIpc) is 2.96. The number of nitrogens with two attached hydrogens (primary N) is 1. The van der Waals surface area contributed by atoms with Gasteiger partial charge in [0.2, 0.25) is 11.9 Å². The van der Waals surface area contributed by atoms with Gasteiger partial charge in [0.25, 0.3) is 0 Å². The Morgan fingerprint density at radius 2 is 2.17 bits per heavy atom. The first-order chi connectivity index (χ1) is 11.2. The van der Waals surface area contributed by atoms with Gasteiger partial charge in [0.1, 0.15) is 5.75 Å². The van der Waals surface area contributed by atoms with Gasteiger partial charge in [-0.1, -0.05) is 34.7 Å². The number of halogens is 1. The molecule has 1 aromatic carbocycles. The summed E-state index contributed by atoms with van der Waals surface area (Å²) in [6, 6.07) is 11.4. The molecule has 3 N–H and O–H groups in total. The lowest BCUT2D eigenvalue weighted by atomic mass is 10.2. The molecule has 0 aliphatic rings. The zero-order valence-corrected chi connectivity index (χ0v) is 14.6. The van der Waals surface area contributed by atoms with E-state index in [-0.39, 0.29) is 5.95 Å². The molecule has 0 aliphatic carbocycles. The maximum atomic E-state index is 5.93. The Labute approximate surface area is 147 Å². The van der Waals surface area contributed by atoms with Gasteiger partial charge in [-0.15, -0.1) is 5.10 Å². The number of methoxy groups -OCH3 is 1. The minimum Gasteiger partial charge on any atom is -0.495 e. The van der Waals surface area contributed by atoms with Gasteiger partial charge in [-0.05, 0) is 29.8 Å². The third kappa shape index (κ3) is 3.36. The first-order valence-electron chi connectivity index (χ1n) is 6.85. The van der Waals surface area contributed by atoms with Crippen LogP contribution in [0.25, 0.3) is 5.82 Å². The van der Waals surface area contributed by atoms with Crippen LogP contribution in [-0.2, 0) is 4.43 Å². The molecule has 2 heterocycles. The molecule has 2 aromatic heterocycles. The molecule has 0 spiro atoms. The second-order valence-electron chi connectivity index (χ2n) is 4.69. The summed E-state index contributed by atoms with van der Waals surface area (Å²) in [6.07, 6.45) is 1.68. The fourth-order valence-corrected chi connectivity index (χ4v) is 2.56. The molecule has 0 unspecified atom stereocenters. The van der Waals surface area contributed by atoms with Crippen molar-refractivity contribution in [3.05, 3.63) is 48.2 Å². The van der Waals surface area contributed by atoms with Gasteiger partial charge in [-0.25, -0.2) is 4.98 Å². The lowest BCUT2D eigenvalue weighted by Crippen LogP contribution is -2.04. The normalized spacial score (nSPS) is 10.5. The summed E-state index contributed by atoms with van der Waals surface area (Å²) >= 11 is 2.31. The molecule has 0 aliphatic heterocycles. The van der Waals surface area contributed by atoms with Crippen molar-refractivity contribution in [3.63, 3.8) is 0 Å². The SMILES string of the molecule is COc1ccc(CI)cc1Nc1nc(N)n(-c2ccccn2)n1. The number of hydrogen-bond acceptors (Lipinski definition) is 6. The summed E-state index contributed by atoms with van der Waals surface area (Å²) in [5.41, 5.74) is 7.89. The number of pyridine rings is 1. The van der Waals surface area contributed by atoms with Gasteiger partial charge >= 0.3 is 0 Å². The Morgan fingerprint density at radius 1 is 1.30 bits per heavy atom. The van der Waals surface area contributed by atoms with E-state index in [0.717, 1.165) is 10.1 Å². The van der Waals surface area contributed by atoms with Crippen molar-refractivity contribution >= 4 is 40.2 Å². The summed E-state index contributed by atoms with van der Waals surface area (Å²) < 4.78 is 7.75. The number of nitrogens with zero attached hydrogens (tertiary/aromatic N) is 4. The van der Waals surface area contributed by atoms with Crippen LogP contribution in [0.2, 0.25) is 0 Å². The number of nitrogen functional groups attached to an aromatic ring is 1. The van der Waals surface area contributed by atoms with Crippen LogP contribution >= 0.6 is 22.6 Å². The second kappa shape index (κ2) is 6.82. The van der Waals surface area contributed by atoms with Crippen molar-refractivity contribution < 1.29 is 4.74 Å². The molecule has 0 fully saturated rings. The number of benzene rings is 1. The fraction of sp³-hybridized carbons (Fsp3) is 0.133. The van der Waals surface area contributed by atoms with Crippen molar-refractivity contribution in [2.75, 3.05) is 18.2 Å². The van der Waals surface area contributed by atoms with Crippen molar-refractivity contribution in [1.29, 1.82) is 0 Å². The Kier molecular flexibility index (Phi) is 4.60. The Balaban J connectivity index is 1.93. The molecule has 7 nitrogen and oxygen atoms in total. The van der Waals surface area contributed by atoms with E-state index in [4.69, 9.17) is 10.5 Å². The largest absolute Gasteiger partial charge is 0.495 e. The highest BCUT2D eigenvalue weighted by Crippen LogP contribution is 2.29.